The van der Waals surface area contributed by atoms with E-state index in [1.807, 2.05) is 6.08 Å². The van der Waals surface area contributed by atoms with Crippen LogP contribution in [0.3, 0.4) is 0 Å². The lowest BCUT2D eigenvalue weighted by molar-refractivity contribution is 0.382. The molecule has 0 aromatic heterocycles. The molecule has 0 N–H and O–H groups in total. The molecule has 94 valence electrons. The summed E-state index contributed by atoms with van der Waals surface area (Å²) >= 11 is 5.88. The molecule has 0 bridgehead atoms. The highest BCUT2D eigenvalue weighted by Crippen LogP contribution is 2.25. The molecule has 0 saturated heterocycles. The molecule has 17 heavy (non-hydrogen) atoms. The molecule has 0 spiro atoms. The molecule has 0 aromatic carbocycles. The van der Waals surface area contributed by atoms with Crippen molar-refractivity contribution in [3.05, 3.63) is 23.9 Å². The van der Waals surface area contributed by atoms with Crippen molar-refractivity contribution in [1.29, 1.82) is 0 Å². The van der Waals surface area contributed by atoms with Gasteiger partial charge in [0.1, 0.15) is 5.84 Å². The van der Waals surface area contributed by atoms with E-state index >= 15 is 0 Å². The van der Waals surface area contributed by atoms with Gasteiger partial charge in [0.15, 0.2) is 0 Å². The second-order valence-corrected chi connectivity index (χ2v) is 4.58. The molecular formula is C13H20ClN3. The number of hydrogen-bond acceptors (Lipinski definition) is 1. The Balaban J connectivity index is 3.03. The average Bonchev–Trinajstić information content (AvgIpc) is 2.54. The fraction of sp³-hybridized carbons (Fsp3) is 0.538. The Hall–Kier alpha value is -1.09. The number of nitrogens with zero attached hydrogens (tertiary/aromatic N) is 3. The molecule has 0 fully saturated rings. The lowest BCUT2D eigenvalue weighted by atomic mass is 10.1. The normalized spacial score (nSPS) is 21.1. The lowest BCUT2D eigenvalue weighted by Gasteiger charge is -2.28. The van der Waals surface area contributed by atoms with E-state index in [1.165, 1.54) is 0 Å². The maximum absolute atomic E-state index is 5.88. The maximum Gasteiger partial charge on any atom is 0.219 e. The Bertz CT molecular complexity index is 393. The highest BCUT2D eigenvalue weighted by atomic mass is 35.5. The minimum absolute atomic E-state index is 0.262. The second kappa shape index (κ2) is 6.01. The van der Waals surface area contributed by atoms with Crippen molar-refractivity contribution in [2.75, 3.05) is 7.05 Å². The molecule has 1 atom stereocenters. The molecule has 1 aliphatic rings. The van der Waals surface area contributed by atoms with Crippen molar-refractivity contribution < 1.29 is 0 Å². The van der Waals surface area contributed by atoms with E-state index in [2.05, 4.69) is 42.2 Å². The van der Waals surface area contributed by atoms with Crippen molar-refractivity contribution in [1.82, 2.24) is 4.90 Å². The Labute approximate surface area is 109 Å². The van der Waals surface area contributed by atoms with Gasteiger partial charge in [-0.05, 0) is 37.9 Å². The van der Waals surface area contributed by atoms with E-state index in [9.17, 15) is 0 Å². The standard InChI is InChI=1S/C13H20ClN3/c1-6-7-10(3)17-11(4)8-9(2)12(17)16-13(14)15-5/h8,10H,2,6-7H2,1,3-5H3/b15-13?,16-12+. The fourth-order valence-electron chi connectivity index (χ4n) is 2.07. The number of halogens is 1. The summed E-state index contributed by atoms with van der Waals surface area (Å²) in [5, 5.41) is 0.262. The number of rotatable bonds is 3. The van der Waals surface area contributed by atoms with Gasteiger partial charge in [-0.15, -0.1) is 0 Å². The number of amidine groups is 2. The van der Waals surface area contributed by atoms with E-state index in [4.69, 9.17) is 11.6 Å². The summed E-state index contributed by atoms with van der Waals surface area (Å²) < 4.78 is 0. The molecule has 1 unspecified atom stereocenters. The van der Waals surface area contributed by atoms with Crippen LogP contribution < -0.4 is 0 Å². The number of aliphatic imine (C=N–C) groups is 2. The summed E-state index contributed by atoms with van der Waals surface area (Å²) in [6, 6.07) is 0.399. The van der Waals surface area contributed by atoms with E-state index in [-0.39, 0.29) is 5.29 Å². The van der Waals surface area contributed by atoms with Crippen LogP contribution in [0.4, 0.5) is 0 Å². The summed E-state index contributed by atoms with van der Waals surface area (Å²) in [6.07, 6.45) is 4.28. The van der Waals surface area contributed by atoms with Gasteiger partial charge in [0.05, 0.1) is 0 Å². The highest BCUT2D eigenvalue weighted by molar-refractivity contribution is 6.65. The lowest BCUT2D eigenvalue weighted by Crippen LogP contribution is -2.34. The molecule has 0 amide bonds. The first-order chi connectivity index (χ1) is 8.01. The predicted molar refractivity (Wildman–Crippen MR) is 75.8 cm³/mol. The molecule has 3 nitrogen and oxygen atoms in total. The van der Waals surface area contributed by atoms with Crippen LogP contribution in [0.5, 0.6) is 0 Å². The van der Waals surface area contributed by atoms with Crippen LogP contribution in [0.2, 0.25) is 0 Å². The fourth-order valence-corrected chi connectivity index (χ4v) is 2.15. The molecular weight excluding hydrogens is 234 g/mol. The van der Waals surface area contributed by atoms with Crippen molar-refractivity contribution in [2.24, 2.45) is 9.98 Å². The number of hydrogen-bond donors (Lipinski definition) is 0. The first-order valence-electron chi connectivity index (χ1n) is 5.89. The summed E-state index contributed by atoms with van der Waals surface area (Å²) in [4.78, 5) is 10.4. The Morgan fingerprint density at radius 3 is 2.76 bits per heavy atom. The van der Waals surface area contributed by atoms with Crippen molar-refractivity contribution in [2.45, 2.75) is 39.7 Å². The van der Waals surface area contributed by atoms with Gasteiger partial charge >= 0.3 is 0 Å². The number of allylic oxidation sites excluding steroid dienone is 1. The highest BCUT2D eigenvalue weighted by Gasteiger charge is 2.26. The second-order valence-electron chi connectivity index (χ2n) is 4.25. The smallest absolute Gasteiger partial charge is 0.219 e. The first-order valence-corrected chi connectivity index (χ1v) is 6.26. The van der Waals surface area contributed by atoms with Crippen LogP contribution in [-0.2, 0) is 0 Å². The van der Waals surface area contributed by atoms with E-state index < -0.39 is 0 Å². The van der Waals surface area contributed by atoms with Gasteiger partial charge in [0, 0.05) is 24.4 Å². The molecule has 1 aliphatic heterocycles. The molecule has 0 radical (unpaired) electrons. The summed E-state index contributed by atoms with van der Waals surface area (Å²) in [7, 11) is 1.63. The topological polar surface area (TPSA) is 28.0 Å². The Morgan fingerprint density at radius 2 is 2.24 bits per heavy atom. The van der Waals surface area contributed by atoms with Crippen LogP contribution in [0.1, 0.15) is 33.6 Å². The summed E-state index contributed by atoms with van der Waals surface area (Å²) in [5.74, 6) is 0.819. The summed E-state index contributed by atoms with van der Waals surface area (Å²) in [6.45, 7) is 10.4. The molecule has 0 saturated carbocycles. The third-order valence-electron chi connectivity index (χ3n) is 2.81. The van der Waals surface area contributed by atoms with Gasteiger partial charge in [-0.2, -0.15) is 0 Å². The predicted octanol–water partition coefficient (Wildman–Crippen LogP) is 3.57. The van der Waals surface area contributed by atoms with Crippen LogP contribution in [0.25, 0.3) is 0 Å². The Kier molecular flexibility index (Phi) is 4.94. The van der Waals surface area contributed by atoms with Crippen molar-refractivity contribution in [3.8, 4) is 0 Å². The van der Waals surface area contributed by atoms with Gasteiger partial charge in [-0.25, -0.2) is 4.99 Å². The van der Waals surface area contributed by atoms with Gasteiger partial charge in [-0.3, -0.25) is 4.99 Å². The zero-order valence-corrected chi connectivity index (χ0v) is 11.8. The van der Waals surface area contributed by atoms with Gasteiger partial charge in [0.25, 0.3) is 0 Å². The quantitative estimate of drug-likeness (QED) is 0.429. The van der Waals surface area contributed by atoms with Gasteiger partial charge < -0.3 is 4.90 Å². The molecule has 0 aromatic rings. The molecule has 0 aliphatic carbocycles. The zero-order chi connectivity index (χ0) is 13.0. The monoisotopic (exact) mass is 253 g/mol. The minimum Gasteiger partial charge on any atom is -0.327 e. The Morgan fingerprint density at radius 1 is 1.59 bits per heavy atom. The SMILES string of the molecule is C=C1C=C(C)N(C(C)CCC)/C1=N/C(Cl)=NC. The van der Waals surface area contributed by atoms with Crippen molar-refractivity contribution in [3.63, 3.8) is 0 Å². The van der Waals surface area contributed by atoms with Crippen LogP contribution in [0, 0.1) is 0 Å². The zero-order valence-electron chi connectivity index (χ0n) is 11.0. The van der Waals surface area contributed by atoms with E-state index in [1.54, 1.807) is 7.05 Å². The third-order valence-corrected chi connectivity index (χ3v) is 3.06. The van der Waals surface area contributed by atoms with E-state index in [0.29, 0.717) is 6.04 Å². The van der Waals surface area contributed by atoms with Crippen LogP contribution >= 0.6 is 11.6 Å². The van der Waals surface area contributed by atoms with Crippen molar-refractivity contribution >= 4 is 22.7 Å². The molecule has 1 rings (SSSR count). The first kappa shape index (κ1) is 14.0. The molecule has 1 heterocycles. The molecule has 4 heteroatoms. The summed E-state index contributed by atoms with van der Waals surface area (Å²) in [5.41, 5.74) is 2.06. The largest absolute Gasteiger partial charge is 0.327 e. The van der Waals surface area contributed by atoms with Crippen LogP contribution in [-0.4, -0.2) is 29.1 Å². The van der Waals surface area contributed by atoms with Crippen LogP contribution in [0.15, 0.2) is 33.9 Å². The van der Waals surface area contributed by atoms with Gasteiger partial charge in [-0.1, -0.05) is 19.9 Å². The minimum atomic E-state index is 0.262. The maximum atomic E-state index is 5.88. The van der Waals surface area contributed by atoms with E-state index in [0.717, 1.165) is 29.9 Å². The van der Waals surface area contributed by atoms with Gasteiger partial charge in [0.2, 0.25) is 5.29 Å². The third kappa shape index (κ3) is 3.19. The average molecular weight is 254 g/mol.